The summed E-state index contributed by atoms with van der Waals surface area (Å²) in [5.74, 6) is -0.00216. The molecule has 0 aliphatic heterocycles. The minimum Gasteiger partial charge on any atom is -0.383 e. The van der Waals surface area contributed by atoms with Crippen LogP contribution in [0.4, 0.5) is 0 Å². The maximum absolute atomic E-state index is 11.7. The molecule has 140 valence electrons. The van der Waals surface area contributed by atoms with Crippen molar-refractivity contribution in [3.63, 3.8) is 0 Å². The number of hydrogen-bond donors (Lipinski definition) is 2. The van der Waals surface area contributed by atoms with Crippen LogP contribution in [0, 0.1) is 6.92 Å². The van der Waals surface area contributed by atoms with E-state index in [4.69, 9.17) is 9.72 Å². The van der Waals surface area contributed by atoms with E-state index in [1.54, 1.807) is 18.4 Å². The smallest absolute Gasteiger partial charge is 0.233 e. The number of hydrogen-bond acceptors (Lipinski definition) is 5. The standard InChI is InChI=1S/C17H23N3O2S.2ClH/c1-13-17(14-6-4-3-5-7-14)20-16(23-13)8-9-19-15(21)12-18-10-11-22-2;;/h3-7,18H,8-12H2,1-2H3,(H,19,21);2*1H. The minimum atomic E-state index is -0.00216. The van der Waals surface area contributed by atoms with Gasteiger partial charge in [-0.25, -0.2) is 4.98 Å². The average Bonchev–Trinajstić information content (AvgIpc) is 2.93. The number of halogens is 2. The van der Waals surface area contributed by atoms with Gasteiger partial charge in [0, 0.05) is 37.1 Å². The van der Waals surface area contributed by atoms with Crippen LogP contribution >= 0.6 is 36.2 Å². The number of carbonyl (C=O) groups excluding carboxylic acids is 1. The third-order valence-electron chi connectivity index (χ3n) is 3.32. The predicted molar refractivity (Wildman–Crippen MR) is 108 cm³/mol. The van der Waals surface area contributed by atoms with Crippen molar-refractivity contribution in [3.05, 3.63) is 40.2 Å². The van der Waals surface area contributed by atoms with Crippen molar-refractivity contribution < 1.29 is 9.53 Å². The molecule has 2 rings (SSSR count). The van der Waals surface area contributed by atoms with Crippen molar-refractivity contribution in [1.82, 2.24) is 15.6 Å². The van der Waals surface area contributed by atoms with E-state index in [9.17, 15) is 4.79 Å². The highest BCUT2D eigenvalue weighted by atomic mass is 35.5. The third kappa shape index (κ3) is 8.16. The van der Waals surface area contributed by atoms with Gasteiger partial charge < -0.3 is 15.4 Å². The number of rotatable bonds is 9. The topological polar surface area (TPSA) is 63.2 Å². The zero-order chi connectivity index (χ0) is 16.5. The van der Waals surface area contributed by atoms with Gasteiger partial charge in [-0.1, -0.05) is 30.3 Å². The highest BCUT2D eigenvalue weighted by Crippen LogP contribution is 2.27. The van der Waals surface area contributed by atoms with Gasteiger partial charge in [-0.15, -0.1) is 36.2 Å². The lowest BCUT2D eigenvalue weighted by Gasteiger charge is -2.05. The molecule has 0 radical (unpaired) electrons. The van der Waals surface area contributed by atoms with Gasteiger partial charge in [0.25, 0.3) is 0 Å². The monoisotopic (exact) mass is 405 g/mol. The van der Waals surface area contributed by atoms with Gasteiger partial charge in [0.15, 0.2) is 0 Å². The van der Waals surface area contributed by atoms with Gasteiger partial charge in [0.05, 0.1) is 23.9 Å². The van der Waals surface area contributed by atoms with Crippen LogP contribution in [0.5, 0.6) is 0 Å². The van der Waals surface area contributed by atoms with E-state index in [2.05, 4.69) is 29.7 Å². The van der Waals surface area contributed by atoms with Crippen molar-refractivity contribution in [1.29, 1.82) is 0 Å². The number of benzene rings is 1. The predicted octanol–water partition coefficient (Wildman–Crippen LogP) is 2.86. The highest BCUT2D eigenvalue weighted by molar-refractivity contribution is 7.12. The fourth-order valence-corrected chi connectivity index (χ4v) is 3.12. The van der Waals surface area contributed by atoms with Crippen LogP contribution in [0.2, 0.25) is 0 Å². The van der Waals surface area contributed by atoms with Gasteiger partial charge >= 0.3 is 0 Å². The van der Waals surface area contributed by atoms with Crippen LogP contribution in [0.25, 0.3) is 11.3 Å². The molecule has 0 saturated carbocycles. The normalized spacial score (nSPS) is 9.84. The first kappa shape index (κ1) is 23.8. The number of amides is 1. The van der Waals surface area contributed by atoms with Crippen LogP contribution in [0.3, 0.4) is 0 Å². The Labute approximate surface area is 165 Å². The number of aromatic nitrogens is 1. The molecule has 0 spiro atoms. The van der Waals surface area contributed by atoms with Crippen LogP contribution in [0.15, 0.2) is 30.3 Å². The Bertz CT molecular complexity index is 624. The van der Waals surface area contributed by atoms with E-state index >= 15 is 0 Å². The number of thiazole rings is 1. The lowest BCUT2D eigenvalue weighted by Crippen LogP contribution is -2.36. The summed E-state index contributed by atoms with van der Waals surface area (Å²) in [4.78, 5) is 17.6. The van der Waals surface area contributed by atoms with Crippen LogP contribution < -0.4 is 10.6 Å². The molecule has 0 aliphatic carbocycles. The Morgan fingerprint density at radius 1 is 1.20 bits per heavy atom. The summed E-state index contributed by atoms with van der Waals surface area (Å²) in [6.45, 7) is 4.28. The Morgan fingerprint density at radius 2 is 1.92 bits per heavy atom. The van der Waals surface area contributed by atoms with E-state index in [-0.39, 0.29) is 30.7 Å². The molecule has 1 amide bonds. The van der Waals surface area contributed by atoms with Crippen molar-refractivity contribution in [3.8, 4) is 11.3 Å². The fraction of sp³-hybridized carbons (Fsp3) is 0.412. The molecule has 1 aromatic heterocycles. The summed E-state index contributed by atoms with van der Waals surface area (Å²) < 4.78 is 4.91. The van der Waals surface area contributed by atoms with E-state index in [0.29, 0.717) is 26.2 Å². The van der Waals surface area contributed by atoms with Crippen LogP contribution in [-0.2, 0) is 16.0 Å². The molecule has 1 aromatic carbocycles. The number of nitrogens with zero attached hydrogens (tertiary/aromatic N) is 1. The van der Waals surface area contributed by atoms with Gasteiger partial charge in [0.1, 0.15) is 0 Å². The maximum Gasteiger partial charge on any atom is 0.233 e. The third-order valence-corrected chi connectivity index (χ3v) is 4.35. The molecular weight excluding hydrogens is 381 g/mol. The Hall–Kier alpha value is -1.18. The molecule has 0 atom stereocenters. The summed E-state index contributed by atoms with van der Waals surface area (Å²) in [6.07, 6.45) is 0.752. The lowest BCUT2D eigenvalue weighted by molar-refractivity contribution is -0.120. The minimum absolute atomic E-state index is 0. The lowest BCUT2D eigenvalue weighted by atomic mass is 10.1. The molecule has 0 fully saturated rings. The van der Waals surface area contributed by atoms with Gasteiger partial charge in [-0.05, 0) is 6.92 Å². The van der Waals surface area contributed by atoms with Crippen molar-refractivity contribution in [2.24, 2.45) is 0 Å². The molecule has 0 bridgehead atoms. The highest BCUT2D eigenvalue weighted by Gasteiger charge is 2.09. The molecule has 0 aliphatic rings. The number of aryl methyl sites for hydroxylation is 1. The van der Waals surface area contributed by atoms with Crippen LogP contribution in [-0.4, -0.2) is 44.2 Å². The summed E-state index contributed by atoms with van der Waals surface area (Å²) in [6, 6.07) is 10.2. The van der Waals surface area contributed by atoms with Gasteiger partial charge in [0.2, 0.25) is 5.91 Å². The zero-order valence-electron chi connectivity index (χ0n) is 14.4. The Morgan fingerprint density at radius 3 is 2.60 bits per heavy atom. The molecule has 0 saturated heterocycles. The quantitative estimate of drug-likeness (QED) is 0.629. The fourth-order valence-electron chi connectivity index (χ4n) is 2.17. The SMILES string of the molecule is COCCNCC(=O)NCCc1nc(-c2ccccc2)c(C)s1.Cl.Cl. The molecule has 25 heavy (non-hydrogen) atoms. The van der Waals surface area contributed by atoms with Gasteiger partial charge in [-0.3, -0.25) is 4.79 Å². The van der Waals surface area contributed by atoms with Gasteiger partial charge in [-0.2, -0.15) is 0 Å². The average molecular weight is 406 g/mol. The van der Waals surface area contributed by atoms with E-state index < -0.39 is 0 Å². The summed E-state index contributed by atoms with van der Waals surface area (Å²) >= 11 is 1.69. The number of carbonyl (C=O) groups is 1. The van der Waals surface area contributed by atoms with Crippen molar-refractivity contribution >= 4 is 42.1 Å². The molecule has 0 unspecified atom stereocenters. The second-order valence-corrected chi connectivity index (χ2v) is 6.44. The second kappa shape index (κ2) is 13.1. The second-order valence-electron chi connectivity index (χ2n) is 5.15. The van der Waals surface area contributed by atoms with E-state index in [0.717, 1.165) is 22.7 Å². The molecule has 2 aromatic rings. The molecule has 2 N–H and O–H groups in total. The van der Waals surface area contributed by atoms with E-state index in [1.807, 2.05) is 18.2 Å². The molecule has 1 heterocycles. The Balaban J connectivity index is 0.00000288. The summed E-state index contributed by atoms with van der Waals surface area (Å²) in [7, 11) is 1.64. The first-order valence-electron chi connectivity index (χ1n) is 7.68. The summed E-state index contributed by atoms with van der Waals surface area (Å²) in [5.41, 5.74) is 2.18. The molecule has 5 nitrogen and oxygen atoms in total. The maximum atomic E-state index is 11.7. The largest absolute Gasteiger partial charge is 0.383 e. The number of ether oxygens (including phenoxy) is 1. The van der Waals surface area contributed by atoms with E-state index in [1.165, 1.54) is 4.88 Å². The Kier molecular flexibility index (Phi) is 12.5. The summed E-state index contributed by atoms with van der Waals surface area (Å²) in [5, 5.41) is 6.97. The molecule has 8 heteroatoms. The zero-order valence-corrected chi connectivity index (χ0v) is 16.9. The first-order valence-corrected chi connectivity index (χ1v) is 8.50. The van der Waals surface area contributed by atoms with Crippen molar-refractivity contribution in [2.75, 3.05) is 33.4 Å². The molecular formula is C17H25Cl2N3O2S. The number of methoxy groups -OCH3 is 1. The van der Waals surface area contributed by atoms with Crippen molar-refractivity contribution in [2.45, 2.75) is 13.3 Å². The van der Waals surface area contributed by atoms with Crippen LogP contribution in [0.1, 0.15) is 9.88 Å². The first-order chi connectivity index (χ1) is 11.2. The number of nitrogens with one attached hydrogen (secondary N) is 2.